The Labute approximate surface area is 258 Å². The van der Waals surface area contributed by atoms with Gasteiger partial charge >= 0.3 is 0 Å². The SMILES string of the molecule is CCCC[C@H](CC1C[C@H]2CC[C@]3(C)[C@@H]([C@H](C)CCC(=O)NCCS(=O)(=O)O)CC[C@H]3[C@@H]2[C@@H](O)C1)NC(=O)c1ccccc1. The number of hydrogen-bond donors (Lipinski definition) is 4. The summed E-state index contributed by atoms with van der Waals surface area (Å²) in [6.07, 6.45) is 11.3. The Morgan fingerprint density at radius 2 is 1.84 bits per heavy atom. The summed E-state index contributed by atoms with van der Waals surface area (Å²) in [5.41, 5.74) is 0.852. The predicted molar refractivity (Wildman–Crippen MR) is 169 cm³/mol. The highest BCUT2D eigenvalue weighted by Gasteiger charge is 2.57. The maximum atomic E-state index is 13.0. The second-order valence-corrected chi connectivity index (χ2v) is 15.7. The first-order chi connectivity index (χ1) is 20.4. The lowest BCUT2D eigenvalue weighted by molar-refractivity contribution is -0.121. The van der Waals surface area contributed by atoms with Crippen molar-refractivity contribution in [2.75, 3.05) is 12.3 Å². The summed E-state index contributed by atoms with van der Waals surface area (Å²) < 4.78 is 30.7. The van der Waals surface area contributed by atoms with Crippen LogP contribution in [0.5, 0.6) is 0 Å². The van der Waals surface area contributed by atoms with Crippen LogP contribution < -0.4 is 10.6 Å². The van der Waals surface area contributed by atoms with Gasteiger partial charge in [-0.15, -0.1) is 0 Å². The lowest BCUT2D eigenvalue weighted by Gasteiger charge is -2.54. The predicted octanol–water partition coefficient (Wildman–Crippen LogP) is 5.62. The van der Waals surface area contributed by atoms with E-state index in [4.69, 9.17) is 4.55 Å². The molecule has 242 valence electrons. The van der Waals surface area contributed by atoms with E-state index in [0.29, 0.717) is 47.5 Å². The minimum atomic E-state index is -4.08. The van der Waals surface area contributed by atoms with Crippen LogP contribution in [0.25, 0.3) is 0 Å². The van der Waals surface area contributed by atoms with Crippen molar-refractivity contribution in [1.29, 1.82) is 0 Å². The van der Waals surface area contributed by atoms with Crippen molar-refractivity contribution in [3.63, 3.8) is 0 Å². The number of carbonyl (C=O) groups is 2. The fourth-order valence-electron chi connectivity index (χ4n) is 9.25. The molecule has 3 fully saturated rings. The molecule has 1 aromatic rings. The van der Waals surface area contributed by atoms with Crippen molar-refractivity contribution < 1.29 is 27.7 Å². The van der Waals surface area contributed by atoms with Gasteiger partial charge in [0.25, 0.3) is 16.0 Å². The Balaban J connectivity index is 1.32. The molecule has 1 aromatic carbocycles. The Morgan fingerprint density at radius 3 is 2.53 bits per heavy atom. The van der Waals surface area contributed by atoms with E-state index in [1.807, 2.05) is 30.3 Å². The van der Waals surface area contributed by atoms with Gasteiger partial charge in [0.15, 0.2) is 0 Å². The van der Waals surface area contributed by atoms with E-state index in [1.54, 1.807) is 0 Å². The molecular weight excluding hydrogens is 564 g/mol. The fraction of sp³-hybridized carbons (Fsp3) is 0.765. The first kappa shape index (κ1) is 33.9. The number of carbonyl (C=O) groups excluding carboxylic acids is 2. The lowest BCUT2D eigenvalue weighted by Crippen LogP contribution is -2.50. The van der Waals surface area contributed by atoms with Crippen LogP contribution in [0.2, 0.25) is 0 Å². The number of amides is 2. The van der Waals surface area contributed by atoms with Gasteiger partial charge in [0.2, 0.25) is 5.91 Å². The van der Waals surface area contributed by atoms with Gasteiger partial charge < -0.3 is 15.7 Å². The molecule has 4 rings (SSSR count). The number of nitrogens with one attached hydrogen (secondary N) is 2. The minimum absolute atomic E-state index is 0.00827. The smallest absolute Gasteiger partial charge is 0.266 e. The van der Waals surface area contributed by atoms with Gasteiger partial charge in [-0.3, -0.25) is 14.1 Å². The van der Waals surface area contributed by atoms with Gasteiger partial charge in [0.05, 0.1) is 11.9 Å². The maximum Gasteiger partial charge on any atom is 0.266 e. The largest absolute Gasteiger partial charge is 0.393 e. The molecule has 0 heterocycles. The summed E-state index contributed by atoms with van der Waals surface area (Å²) in [7, 11) is -4.08. The average Bonchev–Trinajstić information content (AvgIpc) is 3.31. The van der Waals surface area contributed by atoms with Crippen molar-refractivity contribution in [3.05, 3.63) is 35.9 Å². The monoisotopic (exact) mass is 618 g/mol. The zero-order chi connectivity index (χ0) is 31.2. The fourth-order valence-corrected chi connectivity index (χ4v) is 9.61. The number of unbranched alkanes of at least 4 members (excludes halogenated alkanes) is 1. The maximum absolute atomic E-state index is 13.0. The third-order valence-electron chi connectivity index (χ3n) is 11.3. The van der Waals surface area contributed by atoms with Crippen LogP contribution in [0.1, 0.15) is 108 Å². The highest BCUT2D eigenvalue weighted by Crippen LogP contribution is 2.63. The second kappa shape index (κ2) is 14.9. The second-order valence-electron chi connectivity index (χ2n) is 14.1. The van der Waals surface area contributed by atoms with E-state index in [9.17, 15) is 23.1 Å². The molecule has 3 saturated carbocycles. The number of hydrogen-bond acceptors (Lipinski definition) is 5. The van der Waals surface area contributed by atoms with E-state index in [1.165, 1.54) is 0 Å². The van der Waals surface area contributed by atoms with E-state index >= 15 is 0 Å². The summed E-state index contributed by atoms with van der Waals surface area (Å²) in [6, 6.07) is 9.56. The molecule has 0 spiro atoms. The molecule has 9 atom stereocenters. The first-order valence-electron chi connectivity index (χ1n) is 16.7. The molecular formula is C34H54N2O6S. The number of aliphatic hydroxyl groups is 1. The van der Waals surface area contributed by atoms with E-state index in [-0.39, 0.29) is 35.9 Å². The molecule has 4 N–H and O–H groups in total. The van der Waals surface area contributed by atoms with Crippen molar-refractivity contribution in [3.8, 4) is 0 Å². The number of aliphatic hydroxyl groups excluding tert-OH is 1. The summed E-state index contributed by atoms with van der Waals surface area (Å²) in [5.74, 6) is 1.96. The normalized spacial score (nSPS) is 31.8. The number of fused-ring (bicyclic) bond motifs is 3. The minimum Gasteiger partial charge on any atom is -0.393 e. The molecule has 43 heavy (non-hydrogen) atoms. The van der Waals surface area contributed by atoms with Crippen LogP contribution in [0.4, 0.5) is 0 Å². The third kappa shape index (κ3) is 8.82. The molecule has 1 unspecified atom stereocenters. The highest BCUT2D eigenvalue weighted by atomic mass is 32.2. The molecule has 0 saturated heterocycles. The van der Waals surface area contributed by atoms with E-state index in [0.717, 1.165) is 70.6 Å². The van der Waals surface area contributed by atoms with E-state index in [2.05, 4.69) is 31.4 Å². The average molecular weight is 619 g/mol. The Hall–Kier alpha value is -1.97. The van der Waals surface area contributed by atoms with Gasteiger partial charge in [0.1, 0.15) is 0 Å². The standard InChI is InChI=1S/C34H54N2O6S/c1-4-5-11-27(36-33(39)25-9-7-6-8-10-25)21-24-20-26-16-17-34(3)28(13-14-29(34)32(26)30(37)22-24)23(2)12-15-31(38)35-18-19-43(40,41)42/h6-10,23-24,26-30,32,37H,4-5,11-22H2,1-3H3,(H,35,38)(H,36,39)(H,40,41,42)/t23-,24?,26-,27-,28-,29+,30+,32-,34-/m1/s1. The summed E-state index contributed by atoms with van der Waals surface area (Å²) >= 11 is 0. The van der Waals surface area contributed by atoms with Crippen LogP contribution in [0.15, 0.2) is 30.3 Å². The summed E-state index contributed by atoms with van der Waals surface area (Å²) in [4.78, 5) is 25.2. The molecule has 0 bridgehead atoms. The molecule has 3 aliphatic rings. The topological polar surface area (TPSA) is 133 Å². The molecule has 3 aliphatic carbocycles. The molecule has 2 amide bonds. The highest BCUT2D eigenvalue weighted by molar-refractivity contribution is 7.85. The van der Waals surface area contributed by atoms with Crippen LogP contribution in [0, 0.1) is 40.9 Å². The van der Waals surface area contributed by atoms with Crippen molar-refractivity contribution in [2.45, 2.75) is 110 Å². The van der Waals surface area contributed by atoms with E-state index < -0.39 is 15.9 Å². The van der Waals surface area contributed by atoms with Crippen LogP contribution in [0.3, 0.4) is 0 Å². The third-order valence-corrected chi connectivity index (χ3v) is 12.0. The van der Waals surface area contributed by atoms with Gasteiger partial charge in [-0.25, -0.2) is 0 Å². The molecule has 9 heteroatoms. The van der Waals surface area contributed by atoms with Gasteiger partial charge in [-0.2, -0.15) is 8.42 Å². The van der Waals surface area contributed by atoms with Gasteiger partial charge in [-0.1, -0.05) is 51.8 Å². The van der Waals surface area contributed by atoms with Gasteiger partial charge in [0, 0.05) is 24.6 Å². The Morgan fingerprint density at radius 1 is 1.09 bits per heavy atom. The Bertz CT molecular complexity index is 1180. The van der Waals surface area contributed by atoms with Crippen LogP contribution >= 0.6 is 0 Å². The summed E-state index contributed by atoms with van der Waals surface area (Å²) in [6.45, 7) is 6.77. The zero-order valence-electron chi connectivity index (χ0n) is 26.3. The molecule has 0 aliphatic heterocycles. The lowest BCUT2D eigenvalue weighted by atomic mass is 9.52. The van der Waals surface area contributed by atoms with Crippen molar-refractivity contribution in [2.24, 2.45) is 40.9 Å². The molecule has 8 nitrogen and oxygen atoms in total. The van der Waals surface area contributed by atoms with Crippen molar-refractivity contribution in [1.82, 2.24) is 10.6 Å². The van der Waals surface area contributed by atoms with Crippen LogP contribution in [-0.2, 0) is 14.9 Å². The summed E-state index contributed by atoms with van der Waals surface area (Å²) in [5, 5.41) is 17.5. The van der Waals surface area contributed by atoms with Gasteiger partial charge in [-0.05, 0) is 111 Å². The van der Waals surface area contributed by atoms with Crippen molar-refractivity contribution >= 4 is 21.9 Å². The first-order valence-corrected chi connectivity index (χ1v) is 18.3. The molecule has 0 aromatic heterocycles. The van der Waals surface area contributed by atoms with Crippen LogP contribution in [-0.4, -0.2) is 54.3 Å². The zero-order valence-corrected chi connectivity index (χ0v) is 27.2. The molecule has 0 radical (unpaired) electrons. The number of rotatable bonds is 14. The quantitative estimate of drug-likeness (QED) is 0.200. The Kier molecular flexibility index (Phi) is 11.7. The number of benzene rings is 1.